The number of nitrogens with one attached hydrogen (secondary N) is 1. The molecule has 0 radical (unpaired) electrons. The molecule has 1 N–H and O–H groups in total. The third-order valence-corrected chi connectivity index (χ3v) is 4.15. The summed E-state index contributed by atoms with van der Waals surface area (Å²) in [5, 5.41) is 6.90. The van der Waals surface area contributed by atoms with Crippen molar-refractivity contribution in [2.24, 2.45) is 0 Å². The minimum absolute atomic E-state index is 0.0799. The van der Waals surface area contributed by atoms with Crippen molar-refractivity contribution >= 4 is 5.91 Å². The first-order chi connectivity index (χ1) is 12.7. The van der Waals surface area contributed by atoms with Crippen LogP contribution in [0.3, 0.4) is 0 Å². The lowest BCUT2D eigenvalue weighted by Crippen LogP contribution is -2.27. The molecule has 0 aliphatic heterocycles. The Balaban J connectivity index is 1.51. The molecule has 1 aromatic heterocycles. The molecular weight excluding hydrogens is 328 g/mol. The van der Waals surface area contributed by atoms with Gasteiger partial charge in [-0.2, -0.15) is 0 Å². The lowest BCUT2D eigenvalue weighted by Gasteiger charge is -2.08. The molecule has 0 bridgehead atoms. The average Bonchev–Trinajstić information content (AvgIpc) is 3.11. The number of benzene rings is 2. The maximum atomic E-state index is 12.1. The second-order valence-electron chi connectivity index (χ2n) is 6.14. The summed E-state index contributed by atoms with van der Waals surface area (Å²) in [4.78, 5) is 12.1. The van der Waals surface area contributed by atoms with Gasteiger partial charge in [-0.1, -0.05) is 53.2 Å². The van der Waals surface area contributed by atoms with Crippen LogP contribution in [0.5, 0.6) is 5.75 Å². The molecule has 0 aliphatic rings. The van der Waals surface area contributed by atoms with Crippen LogP contribution >= 0.6 is 0 Å². The van der Waals surface area contributed by atoms with Crippen molar-refractivity contribution in [3.63, 3.8) is 0 Å². The summed E-state index contributed by atoms with van der Waals surface area (Å²) < 4.78 is 10.7. The molecule has 1 amide bonds. The summed E-state index contributed by atoms with van der Waals surface area (Å²) in [5.41, 5.74) is 3.82. The Morgan fingerprint density at radius 1 is 1.15 bits per heavy atom. The first-order valence-corrected chi connectivity index (χ1v) is 8.57. The molecule has 2 aromatic carbocycles. The predicted molar refractivity (Wildman–Crippen MR) is 100 cm³/mol. The molecule has 0 atom stereocenters. The molecular formula is C21H22N2O3. The zero-order chi connectivity index (χ0) is 18.4. The van der Waals surface area contributed by atoms with Gasteiger partial charge in [-0.15, -0.1) is 0 Å². The van der Waals surface area contributed by atoms with Crippen molar-refractivity contribution in [2.75, 3.05) is 13.7 Å². The number of hydrogen-bond acceptors (Lipinski definition) is 4. The van der Waals surface area contributed by atoms with E-state index in [9.17, 15) is 4.79 Å². The van der Waals surface area contributed by atoms with Gasteiger partial charge in [0.05, 0.1) is 19.2 Å². The van der Waals surface area contributed by atoms with Crippen LogP contribution < -0.4 is 10.1 Å². The van der Waals surface area contributed by atoms with Gasteiger partial charge in [0.2, 0.25) is 5.91 Å². The summed E-state index contributed by atoms with van der Waals surface area (Å²) in [5.74, 6) is 1.42. The zero-order valence-corrected chi connectivity index (χ0v) is 15.0. The van der Waals surface area contributed by atoms with Crippen LogP contribution in [0.15, 0.2) is 59.1 Å². The molecule has 0 unspecified atom stereocenters. The monoisotopic (exact) mass is 350 g/mol. The van der Waals surface area contributed by atoms with Crippen molar-refractivity contribution in [1.82, 2.24) is 10.5 Å². The van der Waals surface area contributed by atoms with Gasteiger partial charge in [0.25, 0.3) is 0 Å². The normalized spacial score (nSPS) is 10.5. The molecule has 0 spiro atoms. The van der Waals surface area contributed by atoms with Crippen LogP contribution in [0.1, 0.15) is 16.8 Å². The number of ether oxygens (including phenoxy) is 1. The first-order valence-electron chi connectivity index (χ1n) is 8.57. The summed E-state index contributed by atoms with van der Waals surface area (Å²) in [6.45, 7) is 2.58. The highest BCUT2D eigenvalue weighted by atomic mass is 16.5. The van der Waals surface area contributed by atoms with Gasteiger partial charge < -0.3 is 14.6 Å². The van der Waals surface area contributed by atoms with Crippen molar-refractivity contribution in [1.29, 1.82) is 0 Å². The first kappa shape index (κ1) is 17.7. The Kier molecular flexibility index (Phi) is 5.69. The summed E-state index contributed by atoms with van der Waals surface area (Å²) in [6, 6.07) is 17.6. The lowest BCUT2D eigenvalue weighted by molar-refractivity contribution is -0.120. The molecule has 0 saturated carbocycles. The average molecular weight is 350 g/mol. The van der Waals surface area contributed by atoms with E-state index in [0.717, 1.165) is 16.9 Å². The number of carbonyl (C=O) groups excluding carboxylic acids is 1. The molecule has 0 aliphatic carbocycles. The van der Waals surface area contributed by atoms with Crippen molar-refractivity contribution in [3.8, 4) is 17.1 Å². The fourth-order valence-corrected chi connectivity index (χ4v) is 2.72. The number of carbonyl (C=O) groups is 1. The van der Waals surface area contributed by atoms with Crippen LogP contribution in [0.25, 0.3) is 11.3 Å². The molecule has 3 rings (SSSR count). The minimum atomic E-state index is -0.0799. The third kappa shape index (κ3) is 4.51. The molecule has 1 heterocycles. The van der Waals surface area contributed by atoms with Crippen LogP contribution in [0.4, 0.5) is 0 Å². The van der Waals surface area contributed by atoms with E-state index >= 15 is 0 Å². The number of amides is 1. The highest BCUT2D eigenvalue weighted by Gasteiger charge is 2.11. The summed E-state index contributed by atoms with van der Waals surface area (Å²) >= 11 is 0. The van der Waals surface area contributed by atoms with Crippen LogP contribution in [0.2, 0.25) is 0 Å². The van der Waals surface area contributed by atoms with Crippen LogP contribution in [0, 0.1) is 6.92 Å². The van der Waals surface area contributed by atoms with Gasteiger partial charge in [-0.25, -0.2) is 0 Å². The standard InChI is InChI=1S/C21H22N2O3/c1-15-7-9-17(10-8-15)20-13-18(23-26-20)14-21(24)22-12-11-16-5-3-4-6-19(16)25-2/h3-10,13H,11-12,14H2,1-2H3,(H,22,24). The quantitative estimate of drug-likeness (QED) is 0.708. The molecule has 26 heavy (non-hydrogen) atoms. The second kappa shape index (κ2) is 8.34. The zero-order valence-electron chi connectivity index (χ0n) is 15.0. The van der Waals surface area contributed by atoms with Crippen LogP contribution in [-0.2, 0) is 17.6 Å². The van der Waals surface area contributed by atoms with E-state index in [2.05, 4.69) is 10.5 Å². The Morgan fingerprint density at radius 3 is 2.69 bits per heavy atom. The number of para-hydroxylation sites is 1. The van der Waals surface area contributed by atoms with E-state index in [1.54, 1.807) is 7.11 Å². The van der Waals surface area contributed by atoms with Gasteiger partial charge in [0.1, 0.15) is 5.75 Å². The Bertz CT molecular complexity index is 869. The van der Waals surface area contributed by atoms with Gasteiger partial charge in [-0.3, -0.25) is 4.79 Å². The van der Waals surface area contributed by atoms with Crippen LogP contribution in [-0.4, -0.2) is 24.7 Å². The Labute approximate surface area is 153 Å². The largest absolute Gasteiger partial charge is 0.496 e. The van der Waals surface area contributed by atoms with E-state index in [-0.39, 0.29) is 12.3 Å². The number of rotatable bonds is 7. The maximum absolute atomic E-state index is 12.1. The second-order valence-corrected chi connectivity index (χ2v) is 6.14. The molecule has 134 valence electrons. The molecule has 5 nitrogen and oxygen atoms in total. The minimum Gasteiger partial charge on any atom is -0.496 e. The van der Waals surface area contributed by atoms with Crippen molar-refractivity contribution < 1.29 is 14.1 Å². The van der Waals surface area contributed by atoms with E-state index in [4.69, 9.17) is 9.26 Å². The fraction of sp³-hybridized carbons (Fsp3) is 0.238. The number of nitrogens with zero attached hydrogens (tertiary/aromatic N) is 1. The van der Waals surface area contributed by atoms with Gasteiger partial charge in [0.15, 0.2) is 5.76 Å². The van der Waals surface area contributed by atoms with Crippen molar-refractivity contribution in [3.05, 3.63) is 71.4 Å². The topological polar surface area (TPSA) is 64.4 Å². The molecule has 3 aromatic rings. The van der Waals surface area contributed by atoms with E-state index in [1.165, 1.54) is 5.56 Å². The number of aromatic nitrogens is 1. The SMILES string of the molecule is COc1ccccc1CCNC(=O)Cc1cc(-c2ccc(C)cc2)on1. The van der Waals surface area contributed by atoms with Gasteiger partial charge in [0, 0.05) is 18.2 Å². The fourth-order valence-electron chi connectivity index (χ4n) is 2.72. The van der Waals surface area contributed by atoms with Crippen molar-refractivity contribution in [2.45, 2.75) is 19.8 Å². The number of hydrogen-bond donors (Lipinski definition) is 1. The Morgan fingerprint density at radius 2 is 1.92 bits per heavy atom. The van der Waals surface area contributed by atoms with Gasteiger partial charge in [-0.05, 0) is 25.0 Å². The highest BCUT2D eigenvalue weighted by Crippen LogP contribution is 2.21. The predicted octanol–water partition coefficient (Wildman–Crippen LogP) is 3.56. The molecule has 0 fully saturated rings. The van der Waals surface area contributed by atoms with E-state index in [0.29, 0.717) is 24.4 Å². The molecule has 0 saturated heterocycles. The smallest absolute Gasteiger partial charge is 0.226 e. The lowest BCUT2D eigenvalue weighted by atomic mass is 10.1. The number of methoxy groups -OCH3 is 1. The maximum Gasteiger partial charge on any atom is 0.226 e. The van der Waals surface area contributed by atoms with Gasteiger partial charge >= 0.3 is 0 Å². The van der Waals surface area contributed by atoms with E-state index in [1.807, 2.05) is 61.5 Å². The summed E-state index contributed by atoms with van der Waals surface area (Å²) in [7, 11) is 1.65. The summed E-state index contributed by atoms with van der Waals surface area (Å²) in [6.07, 6.45) is 0.907. The number of aryl methyl sites for hydroxylation is 1. The highest BCUT2D eigenvalue weighted by molar-refractivity contribution is 5.78. The van der Waals surface area contributed by atoms with E-state index < -0.39 is 0 Å². The Hall–Kier alpha value is -3.08. The third-order valence-electron chi connectivity index (χ3n) is 4.15. The molecule has 5 heteroatoms.